The van der Waals surface area contributed by atoms with E-state index in [2.05, 4.69) is 60.7 Å². The smallest absolute Gasteiger partial charge is 0.215 e. The van der Waals surface area contributed by atoms with Gasteiger partial charge in [0.05, 0.1) is 27.4 Å². The Morgan fingerprint density at radius 3 is 1.30 bits per heavy atom. The van der Waals surface area contributed by atoms with Crippen LogP contribution >= 0.6 is 18.1 Å². The number of hydrogen-bond acceptors (Lipinski definition) is 6. The standard InChI is InChI=1S/C39H38O6P2/c1-26-13-5-11-19-36(26)44-46-42-24-34-32(30-17-9-7-15-28(30)21-38(34)40-3)23-33-31-18-10-8-16-29(31)22-39(41-4)35(33)25-43-47-45-37-20-12-6-14-27(37)2/h5-22,46-47H,23-25H2,1-4H3. The summed E-state index contributed by atoms with van der Waals surface area (Å²) in [5, 5.41) is 4.47. The Kier molecular flexibility index (Phi) is 10.9. The molecule has 0 aliphatic rings. The van der Waals surface area contributed by atoms with E-state index < -0.39 is 0 Å². The van der Waals surface area contributed by atoms with Gasteiger partial charge in [-0.3, -0.25) is 0 Å². The lowest BCUT2D eigenvalue weighted by atomic mass is 9.88. The van der Waals surface area contributed by atoms with Gasteiger partial charge in [0.15, 0.2) is 0 Å². The van der Waals surface area contributed by atoms with Gasteiger partial charge in [-0.1, -0.05) is 84.9 Å². The highest BCUT2D eigenvalue weighted by Crippen LogP contribution is 2.40. The summed E-state index contributed by atoms with van der Waals surface area (Å²) in [6, 6.07) is 36.9. The average molecular weight is 665 g/mol. The summed E-state index contributed by atoms with van der Waals surface area (Å²) < 4.78 is 36.4. The fourth-order valence-corrected chi connectivity index (χ4v) is 6.99. The van der Waals surface area contributed by atoms with Gasteiger partial charge in [0.1, 0.15) is 23.0 Å². The number of benzene rings is 6. The number of hydrogen-bond donors (Lipinski definition) is 0. The van der Waals surface area contributed by atoms with Crippen molar-refractivity contribution >= 4 is 39.6 Å². The fraction of sp³-hybridized carbons (Fsp3) is 0.179. The lowest BCUT2D eigenvalue weighted by molar-refractivity contribution is 0.306. The Balaban J connectivity index is 1.36. The van der Waals surface area contributed by atoms with Gasteiger partial charge in [0, 0.05) is 11.1 Å². The fourth-order valence-electron chi connectivity index (χ4n) is 5.83. The summed E-state index contributed by atoms with van der Waals surface area (Å²) in [7, 11) is 3.07. The van der Waals surface area contributed by atoms with Crippen LogP contribution in [0.1, 0.15) is 33.4 Å². The highest BCUT2D eigenvalue weighted by molar-refractivity contribution is 7.26. The second-order valence-electron chi connectivity index (χ2n) is 11.2. The summed E-state index contributed by atoms with van der Waals surface area (Å²) in [5.41, 5.74) is 6.35. The zero-order valence-corrected chi connectivity index (χ0v) is 29.0. The Hall–Kier alpha value is -4.18. The number of fused-ring (bicyclic) bond motifs is 2. The molecule has 0 aliphatic heterocycles. The summed E-state index contributed by atoms with van der Waals surface area (Å²) >= 11 is 0. The van der Waals surface area contributed by atoms with Crippen molar-refractivity contribution in [1.82, 2.24) is 0 Å². The van der Waals surface area contributed by atoms with E-state index in [9.17, 15) is 0 Å². The molecule has 0 heterocycles. The van der Waals surface area contributed by atoms with Crippen LogP contribution in [0.15, 0.2) is 109 Å². The van der Waals surface area contributed by atoms with Crippen molar-refractivity contribution in [3.05, 3.63) is 143 Å². The summed E-state index contributed by atoms with van der Waals surface area (Å²) in [5.74, 6) is 3.18. The van der Waals surface area contributed by atoms with Gasteiger partial charge in [-0.2, -0.15) is 0 Å². The van der Waals surface area contributed by atoms with Gasteiger partial charge in [-0.05, 0) is 88.3 Å². The number of ether oxygens (including phenoxy) is 2. The van der Waals surface area contributed by atoms with Crippen molar-refractivity contribution in [3.8, 4) is 23.0 Å². The Morgan fingerprint density at radius 1 is 0.468 bits per heavy atom. The second-order valence-corrected chi connectivity index (χ2v) is 12.5. The molecule has 0 aliphatic carbocycles. The average Bonchev–Trinajstić information content (AvgIpc) is 3.10. The van der Waals surface area contributed by atoms with Crippen LogP contribution in [-0.2, 0) is 28.7 Å². The largest absolute Gasteiger partial charge is 0.496 e. The van der Waals surface area contributed by atoms with E-state index in [0.717, 1.165) is 77.9 Å². The summed E-state index contributed by atoms with van der Waals surface area (Å²) in [6.07, 6.45) is 0.607. The highest BCUT2D eigenvalue weighted by atomic mass is 31.1. The first-order valence-electron chi connectivity index (χ1n) is 15.4. The SMILES string of the molecule is COc1cc2ccccc2c(Cc2c(COPOc3ccccc3C)c(OC)cc3ccccc23)c1COPOc1ccccc1C. The lowest BCUT2D eigenvalue weighted by Crippen LogP contribution is -2.06. The van der Waals surface area contributed by atoms with Crippen molar-refractivity contribution in [2.75, 3.05) is 14.2 Å². The molecule has 0 bridgehead atoms. The third kappa shape index (κ3) is 7.53. The van der Waals surface area contributed by atoms with Crippen LogP contribution < -0.4 is 18.5 Å². The van der Waals surface area contributed by atoms with Crippen molar-refractivity contribution in [3.63, 3.8) is 0 Å². The molecule has 6 nitrogen and oxygen atoms in total. The first-order valence-corrected chi connectivity index (χ1v) is 17.0. The van der Waals surface area contributed by atoms with E-state index in [-0.39, 0.29) is 18.1 Å². The van der Waals surface area contributed by atoms with Gasteiger partial charge in [-0.25, -0.2) is 0 Å². The van der Waals surface area contributed by atoms with Gasteiger partial charge < -0.3 is 27.6 Å². The van der Waals surface area contributed by atoms with E-state index in [1.807, 2.05) is 62.4 Å². The topological polar surface area (TPSA) is 55.4 Å². The minimum atomic E-state index is -0.171. The summed E-state index contributed by atoms with van der Waals surface area (Å²) in [6.45, 7) is 4.71. The van der Waals surface area contributed by atoms with E-state index in [1.54, 1.807) is 14.2 Å². The molecule has 8 heteroatoms. The van der Waals surface area contributed by atoms with Crippen LogP contribution in [0.3, 0.4) is 0 Å². The van der Waals surface area contributed by atoms with Crippen molar-refractivity contribution in [2.45, 2.75) is 33.5 Å². The molecule has 0 radical (unpaired) electrons. The monoisotopic (exact) mass is 664 g/mol. The zero-order valence-electron chi connectivity index (χ0n) is 27.0. The van der Waals surface area contributed by atoms with Crippen LogP contribution in [0, 0.1) is 13.8 Å². The molecule has 0 spiro atoms. The molecule has 240 valence electrons. The van der Waals surface area contributed by atoms with Gasteiger partial charge >= 0.3 is 0 Å². The minimum Gasteiger partial charge on any atom is -0.496 e. The van der Waals surface area contributed by atoms with Crippen LogP contribution in [0.25, 0.3) is 21.5 Å². The maximum atomic E-state index is 6.20. The molecule has 6 aromatic rings. The molecular formula is C39H38O6P2. The number of methoxy groups -OCH3 is 2. The van der Waals surface area contributed by atoms with Gasteiger partial charge in [-0.15, -0.1) is 0 Å². The van der Waals surface area contributed by atoms with Crippen molar-refractivity contribution in [1.29, 1.82) is 0 Å². The number of aryl methyl sites for hydroxylation is 2. The van der Waals surface area contributed by atoms with E-state index in [4.69, 9.17) is 27.6 Å². The number of rotatable bonds is 14. The van der Waals surface area contributed by atoms with Crippen molar-refractivity contribution < 1.29 is 27.6 Å². The molecule has 0 N–H and O–H groups in total. The maximum Gasteiger partial charge on any atom is 0.215 e. The van der Waals surface area contributed by atoms with Crippen LogP contribution in [-0.4, -0.2) is 14.2 Å². The molecule has 6 rings (SSSR count). The Labute approximate surface area is 279 Å². The second kappa shape index (κ2) is 15.6. The van der Waals surface area contributed by atoms with E-state index >= 15 is 0 Å². The molecule has 2 unspecified atom stereocenters. The highest BCUT2D eigenvalue weighted by Gasteiger charge is 2.21. The quantitative estimate of drug-likeness (QED) is 0.0853. The maximum absolute atomic E-state index is 6.20. The molecule has 0 saturated heterocycles. The van der Waals surface area contributed by atoms with Crippen LogP contribution in [0.4, 0.5) is 0 Å². The molecule has 0 aromatic heterocycles. The van der Waals surface area contributed by atoms with Crippen LogP contribution in [0.2, 0.25) is 0 Å². The van der Waals surface area contributed by atoms with Gasteiger partial charge in [0.25, 0.3) is 0 Å². The third-order valence-corrected chi connectivity index (χ3v) is 9.43. The lowest BCUT2D eigenvalue weighted by Gasteiger charge is -2.21. The molecule has 6 aromatic carbocycles. The van der Waals surface area contributed by atoms with Gasteiger partial charge in [0.2, 0.25) is 18.1 Å². The van der Waals surface area contributed by atoms with E-state index in [0.29, 0.717) is 19.6 Å². The first-order chi connectivity index (χ1) is 23.1. The molecule has 0 saturated carbocycles. The molecule has 2 atom stereocenters. The molecule has 0 fully saturated rings. The minimum absolute atomic E-state index is 0.171. The Bertz CT molecular complexity index is 1850. The molecule has 47 heavy (non-hydrogen) atoms. The zero-order chi connectivity index (χ0) is 32.6. The summed E-state index contributed by atoms with van der Waals surface area (Å²) in [4.78, 5) is 0. The predicted molar refractivity (Wildman–Crippen MR) is 194 cm³/mol. The van der Waals surface area contributed by atoms with Crippen molar-refractivity contribution in [2.24, 2.45) is 0 Å². The number of para-hydroxylation sites is 2. The molecule has 0 amide bonds. The normalized spacial score (nSPS) is 11.7. The first kappa shape index (κ1) is 32.7. The Morgan fingerprint density at radius 2 is 0.872 bits per heavy atom. The van der Waals surface area contributed by atoms with Crippen LogP contribution in [0.5, 0.6) is 23.0 Å². The van der Waals surface area contributed by atoms with E-state index in [1.165, 1.54) is 0 Å². The molecular weight excluding hydrogens is 626 g/mol. The predicted octanol–water partition coefficient (Wildman–Crippen LogP) is 10.4. The third-order valence-electron chi connectivity index (χ3n) is 8.30.